The molecule has 3 heterocycles. The zero-order valence-corrected chi connectivity index (χ0v) is 14.7. The lowest BCUT2D eigenvalue weighted by molar-refractivity contribution is 0.112. The van der Waals surface area contributed by atoms with Crippen molar-refractivity contribution in [3.63, 3.8) is 0 Å². The maximum Gasteiger partial charge on any atom is 0.263 e. The van der Waals surface area contributed by atoms with Gasteiger partial charge in [0.05, 0.1) is 18.5 Å². The summed E-state index contributed by atoms with van der Waals surface area (Å²) in [7, 11) is 0. The number of aldehydes is 1. The van der Waals surface area contributed by atoms with Crippen LogP contribution in [0.3, 0.4) is 0 Å². The molecule has 1 aromatic carbocycles. The van der Waals surface area contributed by atoms with E-state index < -0.39 is 0 Å². The third-order valence-corrected chi connectivity index (χ3v) is 4.48. The number of fused-ring (bicyclic) bond motifs is 1. The molecule has 4 rings (SSSR count). The second kappa shape index (κ2) is 7.03. The highest BCUT2D eigenvalue weighted by Crippen LogP contribution is 2.32. The van der Waals surface area contributed by atoms with Crippen molar-refractivity contribution >= 4 is 12.0 Å². The molecule has 27 heavy (non-hydrogen) atoms. The molecule has 0 fully saturated rings. The molecular formula is C20H18N2O5. The number of anilines is 1. The number of pyridine rings is 1. The third-order valence-electron chi connectivity index (χ3n) is 4.48. The van der Waals surface area contributed by atoms with E-state index in [1.165, 1.54) is 4.57 Å². The van der Waals surface area contributed by atoms with Crippen LogP contribution in [0, 0.1) is 6.92 Å². The van der Waals surface area contributed by atoms with E-state index in [2.05, 4.69) is 5.32 Å². The molecule has 0 atom stereocenters. The quantitative estimate of drug-likeness (QED) is 0.676. The van der Waals surface area contributed by atoms with E-state index >= 15 is 0 Å². The lowest BCUT2D eigenvalue weighted by atomic mass is 10.1. The summed E-state index contributed by atoms with van der Waals surface area (Å²) in [6.07, 6.45) is 2.14. The molecule has 0 amide bonds. The number of ether oxygens (including phenoxy) is 2. The van der Waals surface area contributed by atoms with Gasteiger partial charge >= 0.3 is 0 Å². The smallest absolute Gasteiger partial charge is 0.263 e. The monoisotopic (exact) mass is 366 g/mol. The summed E-state index contributed by atoms with van der Waals surface area (Å²) in [5, 5.41) is 3.18. The van der Waals surface area contributed by atoms with Crippen LogP contribution in [0.5, 0.6) is 11.5 Å². The van der Waals surface area contributed by atoms with Gasteiger partial charge < -0.3 is 23.8 Å². The molecule has 3 aromatic rings. The Morgan fingerprint density at radius 3 is 2.81 bits per heavy atom. The van der Waals surface area contributed by atoms with Gasteiger partial charge in [0.25, 0.3) is 5.56 Å². The summed E-state index contributed by atoms with van der Waals surface area (Å²) in [5.74, 6) is 2.05. The molecule has 0 saturated heterocycles. The Morgan fingerprint density at radius 2 is 2.04 bits per heavy atom. The van der Waals surface area contributed by atoms with E-state index in [0.717, 1.165) is 11.3 Å². The predicted octanol–water partition coefficient (Wildman–Crippen LogP) is 2.95. The largest absolute Gasteiger partial charge is 0.467 e. The van der Waals surface area contributed by atoms with E-state index in [1.54, 1.807) is 24.5 Å². The first-order chi connectivity index (χ1) is 13.2. The van der Waals surface area contributed by atoms with Gasteiger partial charge in [0.1, 0.15) is 11.3 Å². The van der Waals surface area contributed by atoms with Gasteiger partial charge in [-0.3, -0.25) is 9.59 Å². The summed E-state index contributed by atoms with van der Waals surface area (Å²) in [6, 6.07) is 11.0. The first-order valence-electron chi connectivity index (χ1n) is 8.50. The maximum atomic E-state index is 12.7. The molecule has 2 aromatic heterocycles. The topological polar surface area (TPSA) is 82.7 Å². The summed E-state index contributed by atoms with van der Waals surface area (Å²) < 4.78 is 17.5. The molecule has 0 saturated carbocycles. The Morgan fingerprint density at radius 1 is 1.19 bits per heavy atom. The number of rotatable bonds is 6. The third kappa shape index (κ3) is 3.31. The van der Waals surface area contributed by atoms with E-state index in [-0.39, 0.29) is 24.5 Å². The Labute approximate surface area is 155 Å². The normalized spacial score (nSPS) is 12.2. The minimum atomic E-state index is -0.352. The number of carbonyl (C=O) groups excluding carboxylic acids is 1. The number of benzene rings is 1. The molecule has 0 aliphatic carbocycles. The highest BCUT2D eigenvalue weighted by Gasteiger charge is 2.15. The fraction of sp³-hybridized carbons (Fsp3) is 0.200. The number of furan rings is 1. The van der Waals surface area contributed by atoms with E-state index in [4.69, 9.17) is 13.9 Å². The minimum Gasteiger partial charge on any atom is -0.467 e. The molecule has 0 radical (unpaired) electrons. The fourth-order valence-electron chi connectivity index (χ4n) is 3.05. The highest BCUT2D eigenvalue weighted by molar-refractivity contribution is 5.83. The predicted molar refractivity (Wildman–Crippen MR) is 98.5 cm³/mol. The van der Waals surface area contributed by atoms with Crippen molar-refractivity contribution in [2.45, 2.75) is 20.0 Å². The Balaban J connectivity index is 1.59. The van der Waals surface area contributed by atoms with Crippen LogP contribution >= 0.6 is 0 Å². The lowest BCUT2D eigenvalue weighted by Gasteiger charge is -2.14. The summed E-state index contributed by atoms with van der Waals surface area (Å²) >= 11 is 0. The Hall–Kier alpha value is -3.48. The molecule has 0 spiro atoms. The molecule has 7 nitrogen and oxygen atoms in total. The van der Waals surface area contributed by atoms with Crippen molar-refractivity contribution in [1.82, 2.24) is 4.57 Å². The first-order valence-corrected chi connectivity index (χ1v) is 8.50. The average molecular weight is 366 g/mol. The zero-order chi connectivity index (χ0) is 18.8. The van der Waals surface area contributed by atoms with Crippen LogP contribution in [0.1, 0.15) is 27.4 Å². The van der Waals surface area contributed by atoms with Crippen LogP contribution in [-0.2, 0) is 13.1 Å². The summed E-state index contributed by atoms with van der Waals surface area (Å²) in [6.45, 7) is 2.76. The van der Waals surface area contributed by atoms with Gasteiger partial charge in [0.2, 0.25) is 6.79 Å². The van der Waals surface area contributed by atoms with E-state index in [1.807, 2.05) is 25.1 Å². The van der Waals surface area contributed by atoms with Crippen LogP contribution in [-0.4, -0.2) is 17.6 Å². The Bertz CT molecular complexity index is 1040. The maximum absolute atomic E-state index is 12.7. The van der Waals surface area contributed by atoms with Gasteiger partial charge in [-0.05, 0) is 42.8 Å². The van der Waals surface area contributed by atoms with E-state index in [9.17, 15) is 9.59 Å². The van der Waals surface area contributed by atoms with Gasteiger partial charge in [0, 0.05) is 12.2 Å². The number of nitrogens with one attached hydrogen (secondary N) is 1. The van der Waals surface area contributed by atoms with Gasteiger partial charge in [-0.1, -0.05) is 6.07 Å². The van der Waals surface area contributed by atoms with Gasteiger partial charge in [-0.25, -0.2) is 0 Å². The molecule has 7 heteroatoms. The second-order valence-electron chi connectivity index (χ2n) is 6.24. The highest BCUT2D eigenvalue weighted by atomic mass is 16.7. The van der Waals surface area contributed by atoms with Crippen molar-refractivity contribution in [1.29, 1.82) is 0 Å². The number of hydrogen-bond donors (Lipinski definition) is 1. The van der Waals surface area contributed by atoms with Gasteiger partial charge in [0.15, 0.2) is 17.8 Å². The van der Waals surface area contributed by atoms with Crippen molar-refractivity contribution in [2.24, 2.45) is 0 Å². The molecular weight excluding hydrogens is 348 g/mol. The molecule has 1 aliphatic rings. The zero-order valence-electron chi connectivity index (χ0n) is 14.7. The number of aryl methyl sites for hydroxylation is 1. The van der Waals surface area contributed by atoms with Crippen molar-refractivity contribution in [3.8, 4) is 11.5 Å². The van der Waals surface area contributed by atoms with Crippen LogP contribution in [0.25, 0.3) is 0 Å². The molecule has 0 unspecified atom stereocenters. The number of hydrogen-bond acceptors (Lipinski definition) is 6. The van der Waals surface area contributed by atoms with Gasteiger partial charge in [-0.2, -0.15) is 0 Å². The minimum absolute atomic E-state index is 0.0906. The summed E-state index contributed by atoms with van der Waals surface area (Å²) in [5.41, 5.74) is 1.92. The SMILES string of the molecule is Cc1cc(NCc2ccc3c(c2)OCO3)c(C=O)c(=O)n1Cc1ccco1. The van der Waals surface area contributed by atoms with Crippen LogP contribution in [0.15, 0.2) is 51.9 Å². The Kier molecular flexibility index (Phi) is 4.42. The number of nitrogens with zero attached hydrogens (tertiary/aromatic N) is 1. The molecule has 0 bridgehead atoms. The molecule has 1 aliphatic heterocycles. The molecule has 138 valence electrons. The summed E-state index contributed by atoms with van der Waals surface area (Å²) in [4.78, 5) is 24.3. The standard InChI is InChI=1S/C20H18N2O5/c1-13-7-17(21-9-14-4-5-18-19(8-14)27-12-26-18)16(11-23)20(24)22(13)10-15-3-2-6-25-15/h2-8,11,21H,9-10,12H2,1H3. The van der Waals surface area contributed by atoms with Crippen LogP contribution < -0.4 is 20.3 Å². The molecule has 1 N–H and O–H groups in total. The number of carbonyl (C=O) groups is 1. The van der Waals surface area contributed by atoms with Crippen molar-refractivity contribution in [3.05, 3.63) is 75.6 Å². The van der Waals surface area contributed by atoms with Crippen LogP contribution in [0.4, 0.5) is 5.69 Å². The van der Waals surface area contributed by atoms with Gasteiger partial charge in [-0.15, -0.1) is 0 Å². The second-order valence-corrected chi connectivity index (χ2v) is 6.24. The number of aromatic nitrogens is 1. The van der Waals surface area contributed by atoms with Crippen molar-refractivity contribution < 1.29 is 18.7 Å². The fourth-order valence-corrected chi connectivity index (χ4v) is 3.05. The average Bonchev–Trinajstić information content (AvgIpc) is 3.34. The lowest BCUT2D eigenvalue weighted by Crippen LogP contribution is -2.27. The van der Waals surface area contributed by atoms with Crippen LogP contribution in [0.2, 0.25) is 0 Å². The van der Waals surface area contributed by atoms with Crippen molar-refractivity contribution in [2.75, 3.05) is 12.1 Å². The van der Waals surface area contributed by atoms with E-state index in [0.29, 0.717) is 35.8 Å². The first kappa shape index (κ1) is 17.0.